The number of anilines is 1. The minimum absolute atomic E-state index is 0.0389. The van der Waals surface area contributed by atoms with Crippen molar-refractivity contribution in [3.8, 4) is 11.4 Å². The Kier molecular flexibility index (Phi) is 4.61. The number of carbonyl (C=O) groups is 1. The molecule has 1 aromatic carbocycles. The summed E-state index contributed by atoms with van der Waals surface area (Å²) in [7, 11) is 0. The van der Waals surface area contributed by atoms with Gasteiger partial charge in [0.1, 0.15) is 0 Å². The van der Waals surface area contributed by atoms with Gasteiger partial charge in [0.05, 0.1) is 6.42 Å². The fourth-order valence-corrected chi connectivity index (χ4v) is 2.21. The molecule has 6 nitrogen and oxygen atoms in total. The molecule has 6 heteroatoms. The third-order valence-corrected chi connectivity index (χ3v) is 3.70. The van der Waals surface area contributed by atoms with E-state index in [2.05, 4.69) is 20.4 Å². The third-order valence-electron chi connectivity index (χ3n) is 3.70. The van der Waals surface area contributed by atoms with Crippen LogP contribution in [0.1, 0.15) is 32.2 Å². The number of nitrogens with zero attached hydrogens (tertiary/aromatic N) is 3. The number of pyridine rings is 1. The molecular weight excluding hydrogens is 316 g/mol. The molecular formula is C19H20N4O2. The molecule has 0 unspecified atom stereocenters. The summed E-state index contributed by atoms with van der Waals surface area (Å²) in [6.07, 6.45) is 3.81. The zero-order valence-corrected chi connectivity index (χ0v) is 14.5. The molecule has 0 saturated heterocycles. The molecule has 3 rings (SSSR count). The van der Waals surface area contributed by atoms with Crippen molar-refractivity contribution in [2.75, 3.05) is 5.32 Å². The number of benzene rings is 1. The number of amides is 1. The zero-order valence-electron chi connectivity index (χ0n) is 14.5. The van der Waals surface area contributed by atoms with E-state index in [1.165, 1.54) is 0 Å². The molecule has 128 valence electrons. The molecule has 0 atom stereocenters. The SMILES string of the molecule is CC(C)(C)C(=O)Nc1ccccc1Cc1nc(-c2ccncc2)no1. The lowest BCUT2D eigenvalue weighted by Crippen LogP contribution is -2.28. The Balaban J connectivity index is 1.80. The summed E-state index contributed by atoms with van der Waals surface area (Å²) in [5.74, 6) is 0.973. The molecule has 2 aromatic heterocycles. The molecule has 3 aromatic rings. The Morgan fingerprint density at radius 3 is 2.56 bits per heavy atom. The molecule has 0 aliphatic heterocycles. The largest absolute Gasteiger partial charge is 0.339 e. The highest BCUT2D eigenvalue weighted by Crippen LogP contribution is 2.23. The molecule has 0 aliphatic rings. The van der Waals surface area contributed by atoms with Gasteiger partial charge in [0.15, 0.2) is 0 Å². The predicted octanol–water partition coefficient (Wildman–Crippen LogP) is 3.71. The molecule has 2 heterocycles. The second-order valence-corrected chi connectivity index (χ2v) is 6.79. The first-order valence-electron chi connectivity index (χ1n) is 8.06. The normalized spacial score (nSPS) is 11.3. The predicted molar refractivity (Wildman–Crippen MR) is 94.9 cm³/mol. The number of aromatic nitrogens is 3. The highest BCUT2D eigenvalue weighted by atomic mass is 16.5. The fraction of sp³-hybridized carbons (Fsp3) is 0.263. The van der Waals surface area contributed by atoms with E-state index in [9.17, 15) is 4.79 Å². The van der Waals surface area contributed by atoms with Crippen LogP contribution in [-0.2, 0) is 11.2 Å². The first-order valence-corrected chi connectivity index (χ1v) is 8.06. The molecule has 0 radical (unpaired) electrons. The van der Waals surface area contributed by atoms with Crippen LogP contribution in [0.3, 0.4) is 0 Å². The molecule has 1 amide bonds. The summed E-state index contributed by atoms with van der Waals surface area (Å²) < 4.78 is 5.36. The van der Waals surface area contributed by atoms with Crippen molar-refractivity contribution in [3.05, 3.63) is 60.2 Å². The summed E-state index contributed by atoms with van der Waals surface area (Å²) in [6, 6.07) is 11.3. The molecule has 0 fully saturated rings. The summed E-state index contributed by atoms with van der Waals surface area (Å²) in [4.78, 5) is 20.7. The van der Waals surface area contributed by atoms with E-state index in [0.29, 0.717) is 18.1 Å². The summed E-state index contributed by atoms with van der Waals surface area (Å²) in [5.41, 5.74) is 2.06. The van der Waals surface area contributed by atoms with Gasteiger partial charge in [0, 0.05) is 29.1 Å². The van der Waals surface area contributed by atoms with Crippen LogP contribution < -0.4 is 5.32 Å². The molecule has 0 saturated carbocycles. The van der Waals surface area contributed by atoms with Crippen LogP contribution in [0.4, 0.5) is 5.69 Å². The van der Waals surface area contributed by atoms with E-state index in [4.69, 9.17) is 4.52 Å². The van der Waals surface area contributed by atoms with Gasteiger partial charge < -0.3 is 9.84 Å². The third kappa shape index (κ3) is 4.09. The summed E-state index contributed by atoms with van der Waals surface area (Å²) in [6.45, 7) is 5.64. The molecule has 0 spiro atoms. The quantitative estimate of drug-likeness (QED) is 0.785. The monoisotopic (exact) mass is 336 g/mol. The van der Waals surface area contributed by atoms with Crippen LogP contribution in [-0.4, -0.2) is 21.0 Å². The van der Waals surface area contributed by atoms with Crippen LogP contribution in [0, 0.1) is 5.41 Å². The lowest BCUT2D eigenvalue weighted by Gasteiger charge is -2.19. The second-order valence-electron chi connectivity index (χ2n) is 6.79. The minimum atomic E-state index is -0.466. The van der Waals surface area contributed by atoms with Gasteiger partial charge in [-0.1, -0.05) is 44.1 Å². The second kappa shape index (κ2) is 6.84. The Labute approximate surface area is 146 Å². The van der Waals surface area contributed by atoms with Gasteiger partial charge >= 0.3 is 0 Å². The van der Waals surface area contributed by atoms with Crippen LogP contribution in [0.25, 0.3) is 11.4 Å². The highest BCUT2D eigenvalue weighted by molar-refractivity contribution is 5.95. The molecule has 25 heavy (non-hydrogen) atoms. The van der Waals surface area contributed by atoms with Gasteiger partial charge in [-0.25, -0.2) is 0 Å². The number of hydrogen-bond acceptors (Lipinski definition) is 5. The average Bonchev–Trinajstić information content (AvgIpc) is 3.05. The topological polar surface area (TPSA) is 80.9 Å². The van der Waals surface area contributed by atoms with E-state index in [1.54, 1.807) is 12.4 Å². The van der Waals surface area contributed by atoms with Gasteiger partial charge in [-0.15, -0.1) is 0 Å². The number of carbonyl (C=O) groups excluding carboxylic acids is 1. The van der Waals surface area contributed by atoms with Crippen molar-refractivity contribution < 1.29 is 9.32 Å². The van der Waals surface area contributed by atoms with Crippen LogP contribution >= 0.6 is 0 Å². The van der Waals surface area contributed by atoms with Crippen molar-refractivity contribution in [2.45, 2.75) is 27.2 Å². The standard InChI is InChI=1S/C19H20N4O2/c1-19(2,3)18(24)21-15-7-5-4-6-14(15)12-16-22-17(23-25-16)13-8-10-20-11-9-13/h4-11H,12H2,1-3H3,(H,21,24). The number of hydrogen-bond donors (Lipinski definition) is 1. The van der Waals surface area contributed by atoms with Crippen molar-refractivity contribution in [1.29, 1.82) is 0 Å². The van der Waals surface area contributed by atoms with Crippen molar-refractivity contribution in [2.24, 2.45) is 5.41 Å². The lowest BCUT2D eigenvalue weighted by atomic mass is 9.95. The average molecular weight is 336 g/mol. The van der Waals surface area contributed by atoms with Crippen LogP contribution in [0.2, 0.25) is 0 Å². The smallest absolute Gasteiger partial charge is 0.231 e. The lowest BCUT2D eigenvalue weighted by molar-refractivity contribution is -0.123. The Morgan fingerprint density at radius 2 is 1.84 bits per heavy atom. The first-order chi connectivity index (χ1) is 11.9. The summed E-state index contributed by atoms with van der Waals surface area (Å²) >= 11 is 0. The Bertz CT molecular complexity index is 866. The first kappa shape index (κ1) is 16.8. The van der Waals surface area contributed by atoms with E-state index < -0.39 is 5.41 Å². The maximum absolute atomic E-state index is 12.3. The fourth-order valence-electron chi connectivity index (χ4n) is 2.21. The molecule has 1 N–H and O–H groups in total. The van der Waals surface area contributed by atoms with Gasteiger partial charge in [0.25, 0.3) is 0 Å². The number of nitrogens with one attached hydrogen (secondary N) is 1. The van der Waals surface area contributed by atoms with Gasteiger partial charge in [-0.2, -0.15) is 4.98 Å². The van der Waals surface area contributed by atoms with E-state index >= 15 is 0 Å². The Morgan fingerprint density at radius 1 is 1.12 bits per heavy atom. The van der Waals surface area contributed by atoms with Crippen LogP contribution in [0.5, 0.6) is 0 Å². The number of rotatable bonds is 4. The maximum atomic E-state index is 12.3. The zero-order chi connectivity index (χ0) is 17.9. The Hall–Kier alpha value is -3.02. The van der Waals surface area contributed by atoms with E-state index in [1.807, 2.05) is 57.2 Å². The number of para-hydroxylation sites is 1. The maximum Gasteiger partial charge on any atom is 0.231 e. The van der Waals surface area contributed by atoms with Gasteiger partial charge in [-0.05, 0) is 23.8 Å². The van der Waals surface area contributed by atoms with Crippen molar-refractivity contribution >= 4 is 11.6 Å². The molecule has 0 aliphatic carbocycles. The van der Waals surface area contributed by atoms with E-state index in [0.717, 1.165) is 16.8 Å². The van der Waals surface area contributed by atoms with E-state index in [-0.39, 0.29) is 5.91 Å². The molecule has 0 bridgehead atoms. The van der Waals surface area contributed by atoms with Crippen molar-refractivity contribution in [1.82, 2.24) is 15.1 Å². The summed E-state index contributed by atoms with van der Waals surface area (Å²) in [5, 5.41) is 6.98. The van der Waals surface area contributed by atoms with Crippen molar-refractivity contribution in [3.63, 3.8) is 0 Å². The van der Waals surface area contributed by atoms with Crippen LogP contribution in [0.15, 0.2) is 53.3 Å². The van der Waals surface area contributed by atoms with Gasteiger partial charge in [-0.3, -0.25) is 9.78 Å². The van der Waals surface area contributed by atoms with Gasteiger partial charge in [0.2, 0.25) is 17.6 Å². The minimum Gasteiger partial charge on any atom is -0.339 e. The highest BCUT2D eigenvalue weighted by Gasteiger charge is 2.22.